The number of fused-ring (bicyclic) bond motifs is 1. The number of carbonyl (C=O) groups excluding carboxylic acids is 1. The fourth-order valence-corrected chi connectivity index (χ4v) is 3.54. The van der Waals surface area contributed by atoms with Gasteiger partial charge < -0.3 is 0 Å². The summed E-state index contributed by atoms with van der Waals surface area (Å²) in [5, 5.41) is 13.4. The molecule has 0 aliphatic carbocycles. The van der Waals surface area contributed by atoms with Gasteiger partial charge in [-0.3, -0.25) is 4.79 Å². The lowest BCUT2D eigenvalue weighted by atomic mass is 10.0. The molecule has 0 amide bonds. The molecule has 3 aromatic carbocycles. The molecule has 31 heavy (non-hydrogen) atoms. The third kappa shape index (κ3) is 3.02. The minimum absolute atomic E-state index is 0.0964. The van der Waals surface area contributed by atoms with Crippen molar-refractivity contribution in [3.8, 4) is 28.5 Å². The van der Waals surface area contributed by atoms with Crippen LogP contribution in [0.25, 0.3) is 22.4 Å². The maximum absolute atomic E-state index is 14.7. The first-order chi connectivity index (χ1) is 15.1. The van der Waals surface area contributed by atoms with E-state index in [4.69, 9.17) is 5.26 Å². The van der Waals surface area contributed by atoms with Gasteiger partial charge >= 0.3 is 0 Å². The van der Waals surface area contributed by atoms with E-state index in [-0.39, 0.29) is 17.1 Å². The van der Waals surface area contributed by atoms with Crippen LogP contribution in [0.15, 0.2) is 77.8 Å². The van der Waals surface area contributed by atoms with Gasteiger partial charge in [0.15, 0.2) is 5.82 Å². The van der Waals surface area contributed by atoms with E-state index in [1.807, 2.05) is 12.1 Å². The van der Waals surface area contributed by atoms with E-state index in [1.54, 1.807) is 48.5 Å². The summed E-state index contributed by atoms with van der Waals surface area (Å²) in [5.74, 6) is -1.77. The van der Waals surface area contributed by atoms with Crippen LogP contribution >= 0.6 is 0 Å². The van der Waals surface area contributed by atoms with Crippen molar-refractivity contribution in [1.82, 2.24) is 9.78 Å². The summed E-state index contributed by atoms with van der Waals surface area (Å²) in [6.45, 7) is 0. The summed E-state index contributed by atoms with van der Waals surface area (Å²) in [6, 6.07) is 20.7. The summed E-state index contributed by atoms with van der Waals surface area (Å²) < 4.78 is 29.4. The first-order valence-corrected chi connectivity index (χ1v) is 9.34. The van der Waals surface area contributed by atoms with Crippen LogP contribution in [0.5, 0.6) is 0 Å². The van der Waals surface area contributed by atoms with Crippen molar-refractivity contribution >= 4 is 17.4 Å². The van der Waals surface area contributed by atoms with Crippen LogP contribution in [0.1, 0.15) is 15.9 Å². The third-order valence-electron chi connectivity index (χ3n) is 5.01. The summed E-state index contributed by atoms with van der Waals surface area (Å²) in [5.41, 5.74) is 2.55. The van der Waals surface area contributed by atoms with Crippen molar-refractivity contribution in [3.63, 3.8) is 0 Å². The Morgan fingerprint density at radius 1 is 0.903 bits per heavy atom. The van der Waals surface area contributed by atoms with Gasteiger partial charge in [0.25, 0.3) is 5.91 Å². The zero-order chi connectivity index (χ0) is 21.5. The van der Waals surface area contributed by atoms with E-state index in [9.17, 15) is 13.6 Å². The Hall–Kier alpha value is -4.44. The second-order valence-electron chi connectivity index (χ2n) is 6.90. The van der Waals surface area contributed by atoms with E-state index in [0.29, 0.717) is 27.9 Å². The number of carbonyl (C=O) groups is 1. The molecule has 0 radical (unpaired) electrons. The number of benzene rings is 3. The second-order valence-corrected chi connectivity index (χ2v) is 6.90. The number of nitrogens with zero attached hydrogens (tertiary/aromatic N) is 4. The molecule has 4 aromatic rings. The van der Waals surface area contributed by atoms with Crippen LogP contribution in [-0.4, -0.2) is 21.4 Å². The van der Waals surface area contributed by atoms with Gasteiger partial charge in [0.2, 0.25) is 0 Å². The number of hydrogen-bond donors (Lipinski definition) is 0. The van der Waals surface area contributed by atoms with Gasteiger partial charge in [-0.15, -0.1) is 0 Å². The monoisotopic (exact) mass is 410 g/mol. The Labute approximate surface area is 175 Å². The molecule has 7 heteroatoms. The van der Waals surface area contributed by atoms with E-state index >= 15 is 0 Å². The van der Waals surface area contributed by atoms with Gasteiger partial charge in [0.05, 0.1) is 17.2 Å². The Bertz CT molecular complexity index is 1410. The number of halogens is 2. The normalized spacial score (nSPS) is 12.4. The topological polar surface area (TPSA) is 71.0 Å². The minimum Gasteiger partial charge on any atom is -0.265 e. The Morgan fingerprint density at radius 2 is 1.65 bits per heavy atom. The molecule has 1 aromatic heterocycles. The molecule has 0 unspecified atom stereocenters. The van der Waals surface area contributed by atoms with Crippen LogP contribution in [0.3, 0.4) is 0 Å². The van der Waals surface area contributed by atoms with Crippen LogP contribution in [-0.2, 0) is 0 Å². The number of nitriles is 1. The highest BCUT2D eigenvalue weighted by Gasteiger charge is 2.33. The molecule has 0 saturated carbocycles. The van der Waals surface area contributed by atoms with Crippen molar-refractivity contribution < 1.29 is 13.6 Å². The van der Waals surface area contributed by atoms with Gasteiger partial charge in [-0.2, -0.15) is 15.0 Å². The zero-order valence-electron chi connectivity index (χ0n) is 15.9. The molecule has 0 saturated heterocycles. The van der Waals surface area contributed by atoms with Crippen molar-refractivity contribution in [2.75, 3.05) is 0 Å². The SMILES string of the molecule is N#Cc1ccc(C2=Nc3c(-c4ccc(F)cc4F)c(-c4ccccc4)nn3C2=O)cc1. The van der Waals surface area contributed by atoms with Crippen LogP contribution < -0.4 is 0 Å². The molecule has 1 aliphatic rings. The molecule has 2 heterocycles. The minimum atomic E-state index is -0.776. The molecule has 0 N–H and O–H groups in total. The molecular weight excluding hydrogens is 398 g/mol. The summed E-state index contributed by atoms with van der Waals surface area (Å²) in [4.78, 5) is 17.5. The Morgan fingerprint density at radius 3 is 2.32 bits per heavy atom. The number of rotatable bonds is 3. The highest BCUT2D eigenvalue weighted by Crippen LogP contribution is 2.42. The van der Waals surface area contributed by atoms with Gasteiger partial charge in [-0.1, -0.05) is 42.5 Å². The van der Waals surface area contributed by atoms with E-state index in [0.717, 1.165) is 16.8 Å². The lowest BCUT2D eigenvalue weighted by molar-refractivity contribution is 0.0985. The maximum atomic E-state index is 14.7. The van der Waals surface area contributed by atoms with E-state index in [1.165, 1.54) is 6.07 Å². The van der Waals surface area contributed by atoms with Crippen LogP contribution in [0, 0.1) is 23.0 Å². The lowest BCUT2D eigenvalue weighted by Gasteiger charge is -2.06. The summed E-state index contributed by atoms with van der Waals surface area (Å²) in [6.07, 6.45) is 0. The third-order valence-corrected chi connectivity index (χ3v) is 5.01. The first kappa shape index (κ1) is 18.6. The van der Waals surface area contributed by atoms with Gasteiger partial charge in [-0.05, 0) is 24.3 Å². The maximum Gasteiger partial charge on any atom is 0.299 e. The van der Waals surface area contributed by atoms with Crippen molar-refractivity contribution in [1.29, 1.82) is 5.26 Å². The number of aliphatic imine (C=N–C) groups is 1. The largest absolute Gasteiger partial charge is 0.299 e. The Balaban J connectivity index is 1.74. The van der Waals surface area contributed by atoms with Crippen LogP contribution in [0.2, 0.25) is 0 Å². The van der Waals surface area contributed by atoms with Crippen molar-refractivity contribution in [2.45, 2.75) is 0 Å². The second kappa shape index (κ2) is 7.11. The van der Waals surface area contributed by atoms with Crippen LogP contribution in [0.4, 0.5) is 14.6 Å². The predicted molar refractivity (Wildman–Crippen MR) is 111 cm³/mol. The van der Waals surface area contributed by atoms with Gasteiger partial charge in [0, 0.05) is 22.8 Å². The van der Waals surface area contributed by atoms with Crippen molar-refractivity contribution in [3.05, 3.63) is 95.6 Å². The molecule has 0 spiro atoms. The first-order valence-electron chi connectivity index (χ1n) is 9.34. The molecule has 0 bridgehead atoms. The average Bonchev–Trinajstić information content (AvgIpc) is 3.31. The average molecular weight is 410 g/mol. The molecule has 0 fully saturated rings. The highest BCUT2D eigenvalue weighted by atomic mass is 19.1. The molecule has 1 aliphatic heterocycles. The molecule has 0 atom stereocenters. The summed E-state index contributed by atoms with van der Waals surface area (Å²) in [7, 11) is 0. The number of aromatic nitrogens is 2. The van der Waals surface area contributed by atoms with Gasteiger partial charge in [-0.25, -0.2) is 13.8 Å². The molecular formula is C24H12F2N4O. The molecule has 5 rings (SSSR count). The standard InChI is InChI=1S/C24H12F2N4O/c25-17-10-11-18(19(26)12-17)20-21(15-4-2-1-3-5-15)29-30-23(20)28-22(24(30)31)16-8-6-14(13-27)7-9-16/h1-12H. The quantitative estimate of drug-likeness (QED) is 0.469. The fourth-order valence-electron chi connectivity index (χ4n) is 3.54. The van der Waals surface area contributed by atoms with Gasteiger partial charge in [0.1, 0.15) is 23.0 Å². The molecule has 5 nitrogen and oxygen atoms in total. The highest BCUT2D eigenvalue weighted by molar-refractivity contribution is 6.48. The lowest BCUT2D eigenvalue weighted by Crippen LogP contribution is -2.18. The zero-order valence-corrected chi connectivity index (χ0v) is 15.9. The van der Waals surface area contributed by atoms with E-state index in [2.05, 4.69) is 10.1 Å². The number of hydrogen-bond acceptors (Lipinski definition) is 4. The van der Waals surface area contributed by atoms with E-state index < -0.39 is 17.5 Å². The smallest absolute Gasteiger partial charge is 0.265 e. The van der Waals surface area contributed by atoms with Crippen molar-refractivity contribution in [2.24, 2.45) is 4.99 Å². The Kier molecular flexibility index (Phi) is 4.26. The fraction of sp³-hybridized carbons (Fsp3) is 0. The summed E-state index contributed by atoms with van der Waals surface area (Å²) >= 11 is 0. The predicted octanol–water partition coefficient (Wildman–Crippen LogP) is 5.14. The molecule has 148 valence electrons.